The van der Waals surface area contributed by atoms with E-state index in [2.05, 4.69) is 34.4 Å². The van der Waals surface area contributed by atoms with Gasteiger partial charge in [-0.3, -0.25) is 0 Å². The summed E-state index contributed by atoms with van der Waals surface area (Å²) in [7, 11) is 4.11. The van der Waals surface area contributed by atoms with Crippen LogP contribution in [0.15, 0.2) is 0 Å². The van der Waals surface area contributed by atoms with Crippen LogP contribution in [0, 0.1) is 6.92 Å². The average Bonchev–Trinajstić information content (AvgIpc) is 2.29. The van der Waals surface area contributed by atoms with E-state index in [0.29, 0.717) is 5.92 Å². The Balaban J connectivity index is 2.34. The Bertz CT molecular complexity index is 356. The molecule has 1 aromatic heterocycles. The minimum Gasteiger partial charge on any atom is -0.375 e. The zero-order valence-electron chi connectivity index (χ0n) is 10.4. The van der Waals surface area contributed by atoms with Crippen molar-refractivity contribution in [3.05, 3.63) is 11.4 Å². The van der Waals surface area contributed by atoms with Gasteiger partial charge in [0, 0.05) is 20.0 Å². The third-order valence-electron chi connectivity index (χ3n) is 3.37. The van der Waals surface area contributed by atoms with Gasteiger partial charge < -0.3 is 4.90 Å². The molecule has 1 saturated carbocycles. The summed E-state index contributed by atoms with van der Waals surface area (Å²) in [6.07, 6.45) is 6.50. The molecule has 88 valence electrons. The molecule has 1 aliphatic rings. The molecule has 0 spiro atoms. The predicted octanol–water partition coefficient (Wildman–Crippen LogP) is 2.29. The second-order valence-corrected chi connectivity index (χ2v) is 4.84. The van der Waals surface area contributed by atoms with Crippen molar-refractivity contribution in [1.82, 2.24) is 15.4 Å². The van der Waals surface area contributed by atoms with Crippen molar-refractivity contribution in [1.29, 1.82) is 0 Å². The van der Waals surface area contributed by atoms with Crippen molar-refractivity contribution in [2.45, 2.75) is 44.9 Å². The lowest BCUT2D eigenvalue weighted by molar-refractivity contribution is 0.432. The van der Waals surface area contributed by atoms with Crippen LogP contribution in [-0.2, 0) is 0 Å². The van der Waals surface area contributed by atoms with Gasteiger partial charge in [-0.15, -0.1) is 10.2 Å². The predicted molar refractivity (Wildman–Crippen MR) is 64.7 cm³/mol. The highest BCUT2D eigenvalue weighted by Crippen LogP contribution is 2.36. The van der Waals surface area contributed by atoms with E-state index < -0.39 is 0 Å². The summed E-state index contributed by atoms with van der Waals surface area (Å²) in [5, 5.41) is 12.2. The van der Waals surface area contributed by atoms with Crippen LogP contribution < -0.4 is 4.90 Å². The van der Waals surface area contributed by atoms with Gasteiger partial charge in [0.25, 0.3) is 0 Å². The Kier molecular flexibility index (Phi) is 3.36. The van der Waals surface area contributed by atoms with Gasteiger partial charge in [-0.25, -0.2) is 0 Å². The quantitative estimate of drug-likeness (QED) is 0.767. The van der Waals surface area contributed by atoms with Crippen LogP contribution in [0.3, 0.4) is 0 Å². The number of aryl methyl sites for hydroxylation is 1. The van der Waals surface area contributed by atoms with Crippen molar-refractivity contribution in [2.75, 3.05) is 19.0 Å². The van der Waals surface area contributed by atoms with Gasteiger partial charge in [0.1, 0.15) is 0 Å². The topological polar surface area (TPSA) is 41.9 Å². The fourth-order valence-electron chi connectivity index (χ4n) is 2.62. The van der Waals surface area contributed by atoms with Gasteiger partial charge >= 0.3 is 0 Å². The first-order valence-electron chi connectivity index (χ1n) is 6.07. The minimum absolute atomic E-state index is 0.584. The molecule has 0 N–H and O–H groups in total. The number of nitrogens with zero attached hydrogens (tertiary/aromatic N) is 4. The summed E-state index contributed by atoms with van der Waals surface area (Å²) in [6.45, 7) is 2.01. The van der Waals surface area contributed by atoms with E-state index in [1.807, 2.05) is 6.92 Å². The lowest BCUT2D eigenvalue weighted by Gasteiger charge is -2.25. The standard InChI is InChI=1S/C12H20N4/c1-9-12(16(2)3)11(14-15-13-9)10-7-5-4-6-8-10/h10H,4-8H2,1-3H3. The van der Waals surface area contributed by atoms with E-state index in [9.17, 15) is 0 Å². The van der Waals surface area contributed by atoms with Gasteiger partial charge in [-0.1, -0.05) is 19.3 Å². The molecule has 1 aromatic rings. The molecule has 0 amide bonds. The normalized spacial score (nSPS) is 17.4. The van der Waals surface area contributed by atoms with E-state index in [1.165, 1.54) is 37.8 Å². The lowest BCUT2D eigenvalue weighted by atomic mass is 9.86. The summed E-state index contributed by atoms with van der Waals surface area (Å²) in [6, 6.07) is 0. The third kappa shape index (κ3) is 2.15. The first kappa shape index (κ1) is 11.3. The first-order chi connectivity index (χ1) is 7.70. The molecule has 16 heavy (non-hydrogen) atoms. The summed E-state index contributed by atoms with van der Waals surface area (Å²) in [5.41, 5.74) is 3.31. The Labute approximate surface area is 97.1 Å². The lowest BCUT2D eigenvalue weighted by Crippen LogP contribution is -2.19. The van der Waals surface area contributed by atoms with Crippen LogP contribution in [0.5, 0.6) is 0 Å². The van der Waals surface area contributed by atoms with Crippen molar-refractivity contribution < 1.29 is 0 Å². The molecule has 0 bridgehead atoms. The molecule has 2 rings (SSSR count). The minimum atomic E-state index is 0.584. The van der Waals surface area contributed by atoms with Gasteiger partial charge in [0.2, 0.25) is 0 Å². The van der Waals surface area contributed by atoms with Crippen LogP contribution in [0.1, 0.15) is 49.4 Å². The van der Waals surface area contributed by atoms with Crippen LogP contribution in [0.25, 0.3) is 0 Å². The smallest absolute Gasteiger partial charge is 0.0931 e. The van der Waals surface area contributed by atoms with Gasteiger partial charge in [-0.2, -0.15) is 0 Å². The summed E-state index contributed by atoms with van der Waals surface area (Å²) in [5.74, 6) is 0.584. The number of hydrogen-bond acceptors (Lipinski definition) is 4. The number of rotatable bonds is 2. The molecule has 0 aliphatic heterocycles. The highest BCUT2D eigenvalue weighted by molar-refractivity contribution is 5.53. The molecule has 4 nitrogen and oxygen atoms in total. The van der Waals surface area contributed by atoms with E-state index in [4.69, 9.17) is 0 Å². The van der Waals surface area contributed by atoms with Crippen LogP contribution in [-0.4, -0.2) is 29.5 Å². The molecular weight excluding hydrogens is 200 g/mol. The van der Waals surface area contributed by atoms with E-state index in [1.54, 1.807) is 0 Å². The Morgan fingerprint density at radius 3 is 2.38 bits per heavy atom. The van der Waals surface area contributed by atoms with E-state index in [0.717, 1.165) is 11.4 Å². The summed E-state index contributed by atoms with van der Waals surface area (Å²) < 4.78 is 0. The Morgan fingerprint density at radius 1 is 1.06 bits per heavy atom. The number of aromatic nitrogens is 3. The fourth-order valence-corrected chi connectivity index (χ4v) is 2.62. The molecule has 1 aliphatic carbocycles. The van der Waals surface area contributed by atoms with Gasteiger partial charge in [0.05, 0.1) is 17.1 Å². The van der Waals surface area contributed by atoms with E-state index in [-0.39, 0.29) is 0 Å². The molecule has 0 aromatic carbocycles. The van der Waals surface area contributed by atoms with Crippen LogP contribution in [0.4, 0.5) is 5.69 Å². The van der Waals surface area contributed by atoms with Gasteiger partial charge in [-0.05, 0) is 25.0 Å². The molecule has 0 atom stereocenters. The van der Waals surface area contributed by atoms with Crippen molar-refractivity contribution in [2.24, 2.45) is 0 Å². The van der Waals surface area contributed by atoms with Crippen molar-refractivity contribution >= 4 is 5.69 Å². The molecule has 0 radical (unpaired) electrons. The van der Waals surface area contributed by atoms with Crippen molar-refractivity contribution in [3.63, 3.8) is 0 Å². The molecular formula is C12H20N4. The maximum atomic E-state index is 4.28. The van der Waals surface area contributed by atoms with Gasteiger partial charge in [0.15, 0.2) is 0 Å². The molecule has 1 fully saturated rings. The maximum Gasteiger partial charge on any atom is 0.0931 e. The van der Waals surface area contributed by atoms with Crippen LogP contribution in [0.2, 0.25) is 0 Å². The molecule has 0 saturated heterocycles. The van der Waals surface area contributed by atoms with Crippen LogP contribution >= 0.6 is 0 Å². The second-order valence-electron chi connectivity index (χ2n) is 4.84. The fraction of sp³-hybridized carbons (Fsp3) is 0.750. The zero-order chi connectivity index (χ0) is 11.5. The average molecular weight is 220 g/mol. The molecule has 0 unspecified atom stereocenters. The maximum absolute atomic E-state index is 4.28. The largest absolute Gasteiger partial charge is 0.375 e. The molecule has 4 heteroatoms. The number of anilines is 1. The summed E-state index contributed by atoms with van der Waals surface area (Å²) in [4.78, 5) is 2.11. The Hall–Kier alpha value is -1.19. The zero-order valence-corrected chi connectivity index (χ0v) is 10.4. The molecule has 1 heterocycles. The highest BCUT2D eigenvalue weighted by atomic mass is 15.3. The monoisotopic (exact) mass is 220 g/mol. The highest BCUT2D eigenvalue weighted by Gasteiger charge is 2.22. The second kappa shape index (κ2) is 4.76. The summed E-state index contributed by atoms with van der Waals surface area (Å²) >= 11 is 0. The Morgan fingerprint density at radius 2 is 1.75 bits per heavy atom. The number of hydrogen-bond donors (Lipinski definition) is 0. The first-order valence-corrected chi connectivity index (χ1v) is 6.07. The third-order valence-corrected chi connectivity index (χ3v) is 3.37. The van der Waals surface area contributed by atoms with E-state index >= 15 is 0 Å². The van der Waals surface area contributed by atoms with Crippen molar-refractivity contribution in [3.8, 4) is 0 Å². The SMILES string of the molecule is Cc1nnnc(C2CCCCC2)c1N(C)C.